The molecule has 0 aliphatic carbocycles. The maximum atomic E-state index is 13.8. The molecule has 1 rings (SSSR count). The van der Waals surface area contributed by atoms with Gasteiger partial charge in [-0.25, -0.2) is 4.39 Å². The van der Waals surface area contributed by atoms with E-state index in [0.29, 0.717) is 31.3 Å². The Balaban J connectivity index is 2.86. The SMILES string of the molecule is CCOCCN(CC)c1c(F)cccc1CCl. The molecule has 0 bridgehead atoms. The number of likely N-dealkylation sites (N-methyl/N-ethyl adjacent to an activating group) is 1. The van der Waals surface area contributed by atoms with Crippen molar-refractivity contribution >= 4 is 17.3 Å². The van der Waals surface area contributed by atoms with E-state index in [1.165, 1.54) is 6.07 Å². The maximum Gasteiger partial charge on any atom is 0.146 e. The lowest BCUT2D eigenvalue weighted by atomic mass is 10.1. The van der Waals surface area contributed by atoms with E-state index in [-0.39, 0.29) is 5.82 Å². The number of benzene rings is 1. The quantitative estimate of drug-likeness (QED) is 0.550. The lowest BCUT2D eigenvalue weighted by Crippen LogP contribution is -2.29. The van der Waals surface area contributed by atoms with Gasteiger partial charge in [-0.05, 0) is 25.5 Å². The van der Waals surface area contributed by atoms with Crippen LogP contribution in [-0.4, -0.2) is 26.3 Å². The summed E-state index contributed by atoms with van der Waals surface area (Å²) in [5.74, 6) is 0.0969. The molecular formula is C13H19ClFNO. The number of alkyl halides is 1. The van der Waals surface area contributed by atoms with E-state index in [4.69, 9.17) is 16.3 Å². The van der Waals surface area contributed by atoms with Gasteiger partial charge in [0, 0.05) is 25.6 Å². The summed E-state index contributed by atoms with van der Waals surface area (Å²) in [4.78, 5) is 1.96. The van der Waals surface area contributed by atoms with Crippen molar-refractivity contribution in [3.8, 4) is 0 Å². The van der Waals surface area contributed by atoms with Crippen LogP contribution in [-0.2, 0) is 10.6 Å². The van der Waals surface area contributed by atoms with Gasteiger partial charge < -0.3 is 9.64 Å². The van der Waals surface area contributed by atoms with Gasteiger partial charge in [0.05, 0.1) is 12.3 Å². The predicted octanol–water partition coefficient (Wildman–Crippen LogP) is 3.43. The minimum atomic E-state index is -0.221. The molecule has 0 saturated carbocycles. The summed E-state index contributed by atoms with van der Waals surface area (Å²) in [6.45, 7) is 6.63. The molecule has 0 fully saturated rings. The highest BCUT2D eigenvalue weighted by molar-refractivity contribution is 6.17. The van der Waals surface area contributed by atoms with Crippen molar-refractivity contribution in [1.82, 2.24) is 0 Å². The fourth-order valence-electron chi connectivity index (χ4n) is 1.77. The summed E-state index contributed by atoms with van der Waals surface area (Å²) in [6, 6.07) is 5.01. The van der Waals surface area contributed by atoms with Gasteiger partial charge in [-0.1, -0.05) is 12.1 Å². The second-order valence-corrected chi connectivity index (χ2v) is 3.93. The Labute approximate surface area is 107 Å². The van der Waals surface area contributed by atoms with Gasteiger partial charge in [0.1, 0.15) is 5.82 Å². The van der Waals surface area contributed by atoms with Gasteiger partial charge in [-0.15, -0.1) is 11.6 Å². The van der Waals surface area contributed by atoms with E-state index in [0.717, 1.165) is 12.1 Å². The molecular weight excluding hydrogens is 241 g/mol. The minimum absolute atomic E-state index is 0.221. The molecule has 96 valence electrons. The van der Waals surface area contributed by atoms with Crippen LogP contribution in [0.4, 0.5) is 10.1 Å². The monoisotopic (exact) mass is 259 g/mol. The Morgan fingerprint density at radius 2 is 2.12 bits per heavy atom. The minimum Gasteiger partial charge on any atom is -0.380 e. The predicted molar refractivity (Wildman–Crippen MR) is 70.3 cm³/mol. The van der Waals surface area contributed by atoms with Crippen LogP contribution in [0.15, 0.2) is 18.2 Å². The van der Waals surface area contributed by atoms with E-state index < -0.39 is 0 Å². The van der Waals surface area contributed by atoms with Crippen molar-refractivity contribution in [3.63, 3.8) is 0 Å². The van der Waals surface area contributed by atoms with E-state index in [1.54, 1.807) is 6.07 Å². The molecule has 2 nitrogen and oxygen atoms in total. The summed E-state index contributed by atoms with van der Waals surface area (Å²) in [5, 5.41) is 0. The van der Waals surface area contributed by atoms with Crippen LogP contribution < -0.4 is 4.90 Å². The van der Waals surface area contributed by atoms with Crippen LogP contribution in [0.3, 0.4) is 0 Å². The molecule has 0 radical (unpaired) electrons. The highest BCUT2D eigenvalue weighted by Gasteiger charge is 2.13. The second kappa shape index (κ2) is 7.51. The van der Waals surface area contributed by atoms with Gasteiger partial charge in [0.25, 0.3) is 0 Å². The molecule has 0 aliphatic rings. The molecule has 0 amide bonds. The van der Waals surface area contributed by atoms with E-state index >= 15 is 0 Å². The molecule has 17 heavy (non-hydrogen) atoms. The van der Waals surface area contributed by atoms with Gasteiger partial charge in [-0.3, -0.25) is 0 Å². The zero-order chi connectivity index (χ0) is 12.7. The fraction of sp³-hybridized carbons (Fsp3) is 0.538. The number of hydrogen-bond acceptors (Lipinski definition) is 2. The summed E-state index contributed by atoms with van der Waals surface area (Å²) >= 11 is 5.84. The number of rotatable bonds is 7. The number of para-hydroxylation sites is 1. The van der Waals surface area contributed by atoms with E-state index in [9.17, 15) is 4.39 Å². The first-order chi connectivity index (χ1) is 8.24. The third-order valence-electron chi connectivity index (χ3n) is 2.62. The lowest BCUT2D eigenvalue weighted by Gasteiger charge is -2.25. The average Bonchev–Trinajstić information content (AvgIpc) is 2.35. The van der Waals surface area contributed by atoms with Crippen molar-refractivity contribution < 1.29 is 9.13 Å². The zero-order valence-corrected chi connectivity index (χ0v) is 11.1. The normalized spacial score (nSPS) is 10.6. The molecule has 0 atom stereocenters. The highest BCUT2D eigenvalue weighted by atomic mass is 35.5. The zero-order valence-electron chi connectivity index (χ0n) is 10.4. The molecule has 1 aromatic carbocycles. The van der Waals surface area contributed by atoms with Crippen LogP contribution >= 0.6 is 11.6 Å². The van der Waals surface area contributed by atoms with Crippen molar-refractivity contribution in [2.24, 2.45) is 0 Å². The first-order valence-corrected chi connectivity index (χ1v) is 6.44. The van der Waals surface area contributed by atoms with Crippen molar-refractivity contribution in [1.29, 1.82) is 0 Å². The number of anilines is 1. The largest absolute Gasteiger partial charge is 0.380 e. The third kappa shape index (κ3) is 3.86. The highest BCUT2D eigenvalue weighted by Crippen LogP contribution is 2.25. The number of ether oxygens (including phenoxy) is 1. The molecule has 0 heterocycles. The Bertz CT molecular complexity index is 346. The average molecular weight is 260 g/mol. The van der Waals surface area contributed by atoms with E-state index in [1.807, 2.05) is 24.8 Å². The standard InChI is InChI=1S/C13H19ClFNO/c1-3-16(8-9-17-4-2)13-11(10-14)6-5-7-12(13)15/h5-7H,3-4,8-10H2,1-2H3. The van der Waals surface area contributed by atoms with Crippen molar-refractivity contribution in [3.05, 3.63) is 29.6 Å². The maximum absolute atomic E-state index is 13.8. The first kappa shape index (κ1) is 14.3. The lowest BCUT2D eigenvalue weighted by molar-refractivity contribution is 0.154. The molecule has 0 N–H and O–H groups in total. The summed E-state index contributed by atoms with van der Waals surface area (Å²) < 4.78 is 19.1. The van der Waals surface area contributed by atoms with Crippen LogP contribution in [0.25, 0.3) is 0 Å². The summed E-state index contributed by atoms with van der Waals surface area (Å²) in [7, 11) is 0. The number of hydrogen-bond donors (Lipinski definition) is 0. The fourth-order valence-corrected chi connectivity index (χ4v) is 1.98. The second-order valence-electron chi connectivity index (χ2n) is 3.66. The Morgan fingerprint density at radius 1 is 1.35 bits per heavy atom. The molecule has 0 aliphatic heterocycles. The summed E-state index contributed by atoms with van der Waals surface area (Å²) in [5.41, 5.74) is 1.43. The molecule has 1 aromatic rings. The van der Waals surface area contributed by atoms with Crippen LogP contribution in [0.2, 0.25) is 0 Å². The molecule has 4 heteroatoms. The van der Waals surface area contributed by atoms with Gasteiger partial charge >= 0.3 is 0 Å². The third-order valence-corrected chi connectivity index (χ3v) is 2.91. The summed E-state index contributed by atoms with van der Waals surface area (Å²) in [6.07, 6.45) is 0. The first-order valence-electron chi connectivity index (χ1n) is 5.90. The van der Waals surface area contributed by atoms with Gasteiger partial charge in [0.2, 0.25) is 0 Å². The molecule has 0 saturated heterocycles. The van der Waals surface area contributed by atoms with Crippen LogP contribution in [0, 0.1) is 5.82 Å². The molecule has 0 unspecified atom stereocenters. The van der Waals surface area contributed by atoms with Crippen LogP contribution in [0.1, 0.15) is 19.4 Å². The molecule has 0 aromatic heterocycles. The van der Waals surface area contributed by atoms with Crippen molar-refractivity contribution in [2.45, 2.75) is 19.7 Å². The van der Waals surface area contributed by atoms with E-state index in [2.05, 4.69) is 0 Å². The topological polar surface area (TPSA) is 12.5 Å². The Hall–Kier alpha value is -0.800. The Morgan fingerprint density at radius 3 is 2.71 bits per heavy atom. The number of halogens is 2. The van der Waals surface area contributed by atoms with Gasteiger partial charge in [0.15, 0.2) is 0 Å². The number of nitrogens with zero attached hydrogens (tertiary/aromatic N) is 1. The van der Waals surface area contributed by atoms with Crippen LogP contribution in [0.5, 0.6) is 0 Å². The molecule has 0 spiro atoms. The Kier molecular flexibility index (Phi) is 6.30. The van der Waals surface area contributed by atoms with Gasteiger partial charge in [-0.2, -0.15) is 0 Å². The van der Waals surface area contributed by atoms with Crippen molar-refractivity contribution in [2.75, 3.05) is 31.2 Å². The smallest absolute Gasteiger partial charge is 0.146 e.